The molecular formula is C15H24N2O. The lowest BCUT2D eigenvalue weighted by Gasteiger charge is -2.40. The maximum Gasteiger partial charge on any atom is 0.0656 e. The summed E-state index contributed by atoms with van der Waals surface area (Å²) in [6, 6.07) is 3.71. The Hall–Kier alpha value is -0.590. The molecule has 0 aromatic rings. The van der Waals surface area contributed by atoms with Crippen molar-refractivity contribution in [1.82, 2.24) is 5.32 Å². The summed E-state index contributed by atoms with van der Waals surface area (Å²) >= 11 is 0. The molecule has 2 aliphatic carbocycles. The van der Waals surface area contributed by atoms with E-state index < -0.39 is 0 Å². The molecule has 2 saturated carbocycles. The van der Waals surface area contributed by atoms with Crippen molar-refractivity contribution in [1.29, 1.82) is 5.26 Å². The monoisotopic (exact) mass is 248 g/mol. The van der Waals surface area contributed by atoms with E-state index in [4.69, 9.17) is 10.00 Å². The Morgan fingerprint density at radius 3 is 2.67 bits per heavy atom. The van der Waals surface area contributed by atoms with Gasteiger partial charge in [0.05, 0.1) is 6.07 Å². The van der Waals surface area contributed by atoms with Gasteiger partial charge in [0.2, 0.25) is 0 Å². The first-order valence-electron chi connectivity index (χ1n) is 7.56. The molecule has 18 heavy (non-hydrogen) atoms. The second kappa shape index (κ2) is 5.19. The zero-order chi connectivity index (χ0) is 12.4. The van der Waals surface area contributed by atoms with E-state index in [2.05, 4.69) is 11.4 Å². The largest absolute Gasteiger partial charge is 0.381 e. The molecule has 1 heterocycles. The van der Waals surface area contributed by atoms with Crippen LogP contribution >= 0.6 is 0 Å². The van der Waals surface area contributed by atoms with Crippen LogP contribution < -0.4 is 5.32 Å². The maximum atomic E-state index is 8.99. The lowest BCUT2D eigenvalue weighted by atomic mass is 9.75. The molecule has 3 atom stereocenters. The average Bonchev–Trinajstić information content (AvgIpc) is 3.00. The summed E-state index contributed by atoms with van der Waals surface area (Å²) in [5, 5.41) is 12.9. The number of rotatable bonds is 2. The Balaban J connectivity index is 1.60. The molecule has 0 amide bonds. The molecular weight excluding hydrogens is 224 g/mol. The van der Waals surface area contributed by atoms with Crippen molar-refractivity contribution >= 4 is 0 Å². The van der Waals surface area contributed by atoms with Crippen molar-refractivity contribution in [2.24, 2.45) is 11.3 Å². The van der Waals surface area contributed by atoms with Crippen molar-refractivity contribution in [3.63, 3.8) is 0 Å². The normalized spacial score (nSPS) is 38.9. The van der Waals surface area contributed by atoms with Gasteiger partial charge in [-0.15, -0.1) is 0 Å². The fraction of sp³-hybridized carbons (Fsp3) is 0.933. The van der Waals surface area contributed by atoms with Crippen LogP contribution in [0.2, 0.25) is 0 Å². The number of nitrogens with one attached hydrogen (secondary N) is 1. The SMILES string of the molecule is N#C[C@@H]1CC[C@H](N[C@H]2CCCC23CCOCC3)C1. The van der Waals surface area contributed by atoms with Crippen LogP contribution in [0.15, 0.2) is 0 Å². The highest BCUT2D eigenvalue weighted by molar-refractivity contribution is 5.01. The van der Waals surface area contributed by atoms with Gasteiger partial charge in [0.25, 0.3) is 0 Å². The molecule has 100 valence electrons. The zero-order valence-electron chi connectivity index (χ0n) is 11.2. The first kappa shape index (κ1) is 12.4. The number of hydrogen-bond donors (Lipinski definition) is 1. The van der Waals surface area contributed by atoms with Crippen LogP contribution in [-0.4, -0.2) is 25.3 Å². The van der Waals surface area contributed by atoms with Crippen molar-refractivity contribution in [2.45, 2.75) is 63.5 Å². The first-order valence-corrected chi connectivity index (χ1v) is 7.56. The van der Waals surface area contributed by atoms with Gasteiger partial charge >= 0.3 is 0 Å². The molecule has 1 N–H and O–H groups in total. The molecule has 0 aromatic carbocycles. The Morgan fingerprint density at radius 2 is 1.94 bits per heavy atom. The number of nitriles is 1. The lowest BCUT2D eigenvalue weighted by Crippen LogP contribution is -2.48. The van der Waals surface area contributed by atoms with Crippen molar-refractivity contribution < 1.29 is 4.74 Å². The van der Waals surface area contributed by atoms with Gasteiger partial charge in [0.15, 0.2) is 0 Å². The second-order valence-corrected chi connectivity index (χ2v) is 6.42. The Kier molecular flexibility index (Phi) is 3.59. The van der Waals surface area contributed by atoms with Gasteiger partial charge in [-0.2, -0.15) is 5.26 Å². The minimum atomic E-state index is 0.301. The molecule has 0 unspecified atom stereocenters. The number of ether oxygens (including phenoxy) is 1. The van der Waals surface area contributed by atoms with Crippen LogP contribution in [-0.2, 0) is 4.74 Å². The summed E-state index contributed by atoms with van der Waals surface area (Å²) in [5.74, 6) is 0.301. The Labute approximate surface area is 110 Å². The Morgan fingerprint density at radius 1 is 1.11 bits per heavy atom. The third-order valence-corrected chi connectivity index (χ3v) is 5.45. The fourth-order valence-corrected chi connectivity index (χ4v) is 4.31. The molecule has 1 spiro atoms. The third kappa shape index (κ3) is 2.29. The predicted octanol–water partition coefficient (Wildman–Crippen LogP) is 2.62. The standard InChI is InChI=1S/C15H24N2O/c16-11-12-3-4-13(10-12)17-14-2-1-5-15(14)6-8-18-9-7-15/h12-14,17H,1-10H2/t12-,13+,14+/m1/s1. The second-order valence-electron chi connectivity index (χ2n) is 6.42. The summed E-state index contributed by atoms with van der Waals surface area (Å²) in [6.45, 7) is 1.90. The average molecular weight is 248 g/mol. The molecule has 1 aliphatic heterocycles. The molecule has 0 aromatic heterocycles. The van der Waals surface area contributed by atoms with Gasteiger partial charge in [-0.1, -0.05) is 6.42 Å². The van der Waals surface area contributed by atoms with Gasteiger partial charge in [0, 0.05) is 31.2 Å². The van der Waals surface area contributed by atoms with Crippen LogP contribution in [0.1, 0.15) is 51.4 Å². The van der Waals surface area contributed by atoms with Gasteiger partial charge in [-0.05, 0) is 50.4 Å². The molecule has 0 bridgehead atoms. The van der Waals surface area contributed by atoms with E-state index in [1.54, 1.807) is 0 Å². The van der Waals surface area contributed by atoms with E-state index in [9.17, 15) is 0 Å². The van der Waals surface area contributed by atoms with E-state index in [0.29, 0.717) is 23.4 Å². The molecule has 3 heteroatoms. The van der Waals surface area contributed by atoms with Gasteiger partial charge in [-0.25, -0.2) is 0 Å². The van der Waals surface area contributed by atoms with Crippen molar-refractivity contribution in [2.75, 3.05) is 13.2 Å². The Bertz CT molecular complexity index is 330. The molecule has 3 aliphatic rings. The molecule has 3 nitrogen and oxygen atoms in total. The maximum absolute atomic E-state index is 8.99. The smallest absolute Gasteiger partial charge is 0.0656 e. The topological polar surface area (TPSA) is 45.0 Å². The van der Waals surface area contributed by atoms with Crippen LogP contribution in [0.5, 0.6) is 0 Å². The van der Waals surface area contributed by atoms with E-state index in [-0.39, 0.29) is 0 Å². The lowest BCUT2D eigenvalue weighted by molar-refractivity contribution is 0.00256. The quantitative estimate of drug-likeness (QED) is 0.817. The van der Waals surface area contributed by atoms with Crippen LogP contribution in [0.4, 0.5) is 0 Å². The highest BCUT2D eigenvalue weighted by Crippen LogP contribution is 2.46. The molecule has 0 radical (unpaired) electrons. The van der Waals surface area contributed by atoms with Crippen molar-refractivity contribution in [3.8, 4) is 6.07 Å². The molecule has 3 fully saturated rings. The number of nitrogens with zero attached hydrogens (tertiary/aromatic N) is 1. The summed E-state index contributed by atoms with van der Waals surface area (Å²) < 4.78 is 5.54. The van der Waals surface area contributed by atoms with Crippen LogP contribution in [0.25, 0.3) is 0 Å². The first-order chi connectivity index (χ1) is 8.82. The van der Waals surface area contributed by atoms with E-state index in [1.807, 2.05) is 0 Å². The van der Waals surface area contributed by atoms with E-state index in [0.717, 1.165) is 26.1 Å². The summed E-state index contributed by atoms with van der Waals surface area (Å²) in [7, 11) is 0. The fourth-order valence-electron chi connectivity index (χ4n) is 4.31. The zero-order valence-corrected chi connectivity index (χ0v) is 11.2. The van der Waals surface area contributed by atoms with Crippen LogP contribution in [0.3, 0.4) is 0 Å². The summed E-state index contributed by atoms with van der Waals surface area (Å²) in [4.78, 5) is 0. The van der Waals surface area contributed by atoms with Gasteiger partial charge < -0.3 is 10.1 Å². The highest BCUT2D eigenvalue weighted by Gasteiger charge is 2.44. The van der Waals surface area contributed by atoms with Crippen molar-refractivity contribution in [3.05, 3.63) is 0 Å². The van der Waals surface area contributed by atoms with Gasteiger partial charge in [0.1, 0.15) is 0 Å². The summed E-state index contributed by atoms with van der Waals surface area (Å²) in [6.07, 6.45) is 9.90. The third-order valence-electron chi connectivity index (χ3n) is 5.45. The van der Waals surface area contributed by atoms with Gasteiger partial charge in [-0.3, -0.25) is 0 Å². The molecule has 1 saturated heterocycles. The van der Waals surface area contributed by atoms with E-state index in [1.165, 1.54) is 38.5 Å². The number of hydrogen-bond acceptors (Lipinski definition) is 3. The summed E-state index contributed by atoms with van der Waals surface area (Å²) in [5.41, 5.74) is 0.517. The highest BCUT2D eigenvalue weighted by atomic mass is 16.5. The minimum absolute atomic E-state index is 0.301. The minimum Gasteiger partial charge on any atom is -0.381 e. The van der Waals surface area contributed by atoms with Crippen LogP contribution in [0, 0.1) is 22.7 Å². The predicted molar refractivity (Wildman–Crippen MR) is 70.0 cm³/mol. The molecule has 3 rings (SSSR count). The van der Waals surface area contributed by atoms with E-state index >= 15 is 0 Å².